The van der Waals surface area contributed by atoms with E-state index in [4.69, 9.17) is 0 Å². The third kappa shape index (κ3) is 3.13. The number of phenolic OH excluding ortho intramolecular Hbond substituents is 1. The molecule has 2 heterocycles. The van der Waals surface area contributed by atoms with Crippen molar-refractivity contribution in [2.24, 2.45) is 0 Å². The molecule has 1 aromatic rings. The van der Waals surface area contributed by atoms with E-state index in [0.717, 1.165) is 24.7 Å². The highest BCUT2D eigenvalue weighted by Crippen LogP contribution is 2.35. The lowest BCUT2D eigenvalue weighted by Gasteiger charge is -2.44. The molecule has 1 atom stereocenters. The van der Waals surface area contributed by atoms with Gasteiger partial charge in [-0.05, 0) is 24.6 Å². The number of rotatable bonds is 2. The van der Waals surface area contributed by atoms with Gasteiger partial charge in [-0.2, -0.15) is 13.2 Å². The number of halogens is 3. The first-order valence-corrected chi connectivity index (χ1v) is 7.37. The van der Waals surface area contributed by atoms with Gasteiger partial charge in [-0.15, -0.1) is 0 Å². The SMILES string of the molecule is O=C(c1cc(O)ccc1C(F)(F)F)N1CC(N2CC[C@@H](O)C2)C1. The van der Waals surface area contributed by atoms with Crippen LogP contribution in [0.25, 0.3) is 0 Å². The quantitative estimate of drug-likeness (QED) is 0.858. The molecule has 2 aliphatic rings. The van der Waals surface area contributed by atoms with Crippen LogP contribution in [0.2, 0.25) is 0 Å². The molecule has 2 aliphatic heterocycles. The highest BCUT2D eigenvalue weighted by molar-refractivity contribution is 5.97. The molecule has 3 rings (SSSR count). The van der Waals surface area contributed by atoms with Crippen molar-refractivity contribution in [1.82, 2.24) is 9.80 Å². The smallest absolute Gasteiger partial charge is 0.417 e. The molecule has 2 saturated heterocycles. The summed E-state index contributed by atoms with van der Waals surface area (Å²) in [6.45, 7) is 1.93. The number of phenols is 1. The number of aromatic hydroxyl groups is 1. The Kier molecular flexibility index (Phi) is 3.97. The predicted molar refractivity (Wildman–Crippen MR) is 75.0 cm³/mol. The van der Waals surface area contributed by atoms with Gasteiger partial charge in [0.2, 0.25) is 0 Å². The fraction of sp³-hybridized carbons (Fsp3) is 0.533. The Hall–Kier alpha value is -1.80. The Bertz CT molecular complexity index is 614. The summed E-state index contributed by atoms with van der Waals surface area (Å²) < 4.78 is 39.0. The van der Waals surface area contributed by atoms with Crippen LogP contribution in [-0.4, -0.2) is 64.2 Å². The number of nitrogens with zero attached hydrogens (tertiary/aromatic N) is 2. The number of amides is 1. The number of alkyl halides is 3. The fourth-order valence-corrected chi connectivity index (χ4v) is 3.08. The third-order valence-corrected chi connectivity index (χ3v) is 4.40. The van der Waals surface area contributed by atoms with Gasteiger partial charge in [0.15, 0.2) is 0 Å². The van der Waals surface area contributed by atoms with Gasteiger partial charge >= 0.3 is 6.18 Å². The van der Waals surface area contributed by atoms with E-state index in [2.05, 4.69) is 0 Å². The molecule has 1 aromatic carbocycles. The average Bonchev–Trinajstić information content (AvgIpc) is 2.81. The van der Waals surface area contributed by atoms with E-state index >= 15 is 0 Å². The van der Waals surface area contributed by atoms with Crippen molar-refractivity contribution < 1.29 is 28.2 Å². The van der Waals surface area contributed by atoms with Crippen molar-refractivity contribution in [1.29, 1.82) is 0 Å². The molecule has 0 radical (unpaired) electrons. The number of aliphatic hydroxyl groups excluding tert-OH is 1. The molecule has 2 N–H and O–H groups in total. The normalized spacial score (nSPS) is 23.1. The van der Waals surface area contributed by atoms with E-state index in [1.54, 1.807) is 0 Å². The molecule has 0 bridgehead atoms. The van der Waals surface area contributed by atoms with Crippen LogP contribution >= 0.6 is 0 Å². The van der Waals surface area contributed by atoms with Gasteiger partial charge in [0.05, 0.1) is 17.2 Å². The summed E-state index contributed by atoms with van der Waals surface area (Å²) in [5, 5.41) is 18.9. The molecule has 0 spiro atoms. The first kappa shape index (κ1) is 16.1. The average molecular weight is 330 g/mol. The number of hydrogen-bond donors (Lipinski definition) is 2. The Balaban J connectivity index is 1.71. The van der Waals surface area contributed by atoms with Crippen molar-refractivity contribution in [3.63, 3.8) is 0 Å². The monoisotopic (exact) mass is 330 g/mol. The molecular formula is C15H17F3N2O3. The Labute approximate surface area is 130 Å². The lowest BCUT2D eigenvalue weighted by Crippen LogP contribution is -2.60. The van der Waals surface area contributed by atoms with E-state index in [9.17, 15) is 28.2 Å². The number of likely N-dealkylation sites (tertiary alicyclic amines) is 2. The van der Waals surface area contributed by atoms with Crippen LogP contribution < -0.4 is 0 Å². The van der Waals surface area contributed by atoms with Gasteiger partial charge in [0, 0.05) is 32.2 Å². The second-order valence-corrected chi connectivity index (χ2v) is 6.03. The second kappa shape index (κ2) is 5.68. The fourth-order valence-electron chi connectivity index (χ4n) is 3.08. The van der Waals surface area contributed by atoms with Crippen LogP contribution in [0.5, 0.6) is 5.75 Å². The van der Waals surface area contributed by atoms with Crippen LogP contribution in [0.1, 0.15) is 22.3 Å². The van der Waals surface area contributed by atoms with Crippen LogP contribution in [-0.2, 0) is 6.18 Å². The summed E-state index contributed by atoms with van der Waals surface area (Å²) in [6.07, 6.45) is -4.35. The zero-order valence-electron chi connectivity index (χ0n) is 12.3. The largest absolute Gasteiger partial charge is 0.508 e. The zero-order chi connectivity index (χ0) is 16.8. The molecule has 2 fully saturated rings. The lowest BCUT2D eigenvalue weighted by molar-refractivity contribution is -0.138. The van der Waals surface area contributed by atoms with Gasteiger partial charge in [-0.3, -0.25) is 9.69 Å². The number of aliphatic hydroxyl groups is 1. The Morgan fingerprint density at radius 3 is 2.48 bits per heavy atom. The van der Waals surface area contributed by atoms with Crippen molar-refractivity contribution in [2.75, 3.05) is 26.2 Å². The molecule has 1 amide bonds. The van der Waals surface area contributed by atoms with Crippen LogP contribution in [0.4, 0.5) is 13.2 Å². The predicted octanol–water partition coefficient (Wildman–Crippen LogP) is 1.30. The summed E-state index contributed by atoms with van der Waals surface area (Å²) in [6, 6.07) is 2.57. The number of carbonyl (C=O) groups excluding carboxylic acids is 1. The van der Waals surface area contributed by atoms with Gasteiger partial charge in [0.1, 0.15) is 5.75 Å². The van der Waals surface area contributed by atoms with Crippen LogP contribution in [0.15, 0.2) is 18.2 Å². The van der Waals surface area contributed by atoms with E-state index in [1.807, 2.05) is 4.90 Å². The second-order valence-electron chi connectivity index (χ2n) is 6.03. The lowest BCUT2D eigenvalue weighted by atomic mass is 10.0. The van der Waals surface area contributed by atoms with Crippen LogP contribution in [0.3, 0.4) is 0 Å². The maximum absolute atomic E-state index is 13.0. The van der Waals surface area contributed by atoms with Gasteiger partial charge in [-0.25, -0.2) is 0 Å². The summed E-state index contributed by atoms with van der Waals surface area (Å²) in [4.78, 5) is 15.7. The van der Waals surface area contributed by atoms with Crippen molar-refractivity contribution >= 4 is 5.91 Å². The van der Waals surface area contributed by atoms with Crippen molar-refractivity contribution in [2.45, 2.75) is 24.7 Å². The topological polar surface area (TPSA) is 64.0 Å². The molecule has 0 aliphatic carbocycles. The molecule has 0 unspecified atom stereocenters. The molecular weight excluding hydrogens is 313 g/mol. The van der Waals surface area contributed by atoms with E-state index < -0.39 is 23.2 Å². The van der Waals surface area contributed by atoms with E-state index in [0.29, 0.717) is 26.1 Å². The highest BCUT2D eigenvalue weighted by atomic mass is 19.4. The summed E-state index contributed by atoms with van der Waals surface area (Å²) >= 11 is 0. The van der Waals surface area contributed by atoms with Crippen molar-refractivity contribution in [3.05, 3.63) is 29.3 Å². The van der Waals surface area contributed by atoms with E-state index in [-0.39, 0.29) is 17.9 Å². The van der Waals surface area contributed by atoms with Gasteiger partial charge < -0.3 is 15.1 Å². The first-order chi connectivity index (χ1) is 10.8. The minimum Gasteiger partial charge on any atom is -0.508 e. The standard InChI is InChI=1S/C15H17F3N2O3/c16-15(17,18)13-2-1-10(21)5-12(13)14(23)20-6-9(7-20)19-4-3-11(22)8-19/h1-2,5,9,11,21-22H,3-4,6-8H2/t11-/m1/s1. The van der Waals surface area contributed by atoms with Crippen LogP contribution in [0, 0.1) is 0 Å². The first-order valence-electron chi connectivity index (χ1n) is 7.37. The number of carbonyl (C=O) groups is 1. The number of benzene rings is 1. The molecule has 126 valence electrons. The Morgan fingerprint density at radius 2 is 1.91 bits per heavy atom. The summed E-state index contributed by atoms with van der Waals surface area (Å²) in [7, 11) is 0. The minimum atomic E-state index is -4.65. The molecule has 0 saturated carbocycles. The number of β-amino-alcohol motifs (C(OH)–C–C–N with tert-alkyl or cyclic N) is 1. The number of hydrogen-bond acceptors (Lipinski definition) is 4. The van der Waals surface area contributed by atoms with Crippen molar-refractivity contribution in [3.8, 4) is 5.75 Å². The zero-order valence-corrected chi connectivity index (χ0v) is 12.3. The molecule has 8 heteroatoms. The maximum atomic E-state index is 13.0. The van der Waals surface area contributed by atoms with Gasteiger partial charge in [0.25, 0.3) is 5.91 Å². The minimum absolute atomic E-state index is 0.0720. The summed E-state index contributed by atoms with van der Waals surface area (Å²) in [5.74, 6) is -1.11. The molecule has 5 nitrogen and oxygen atoms in total. The summed E-state index contributed by atoms with van der Waals surface area (Å²) in [5.41, 5.74) is -1.57. The van der Waals surface area contributed by atoms with E-state index in [1.165, 1.54) is 4.90 Å². The Morgan fingerprint density at radius 1 is 1.22 bits per heavy atom. The third-order valence-electron chi connectivity index (χ3n) is 4.40. The van der Waals surface area contributed by atoms with Gasteiger partial charge in [-0.1, -0.05) is 0 Å². The molecule has 23 heavy (non-hydrogen) atoms. The maximum Gasteiger partial charge on any atom is 0.417 e. The molecule has 0 aromatic heterocycles. The highest BCUT2D eigenvalue weighted by Gasteiger charge is 2.41.